The molecule has 45 heavy (non-hydrogen) atoms. The number of hydrogen-bond donors (Lipinski definition) is 1. The van der Waals surface area contributed by atoms with Crippen molar-refractivity contribution in [3.05, 3.63) is 71.8 Å². The molecule has 0 saturated carbocycles. The van der Waals surface area contributed by atoms with E-state index in [1.165, 1.54) is 37.1 Å². The summed E-state index contributed by atoms with van der Waals surface area (Å²) in [5.74, 6) is 1.36. The lowest BCUT2D eigenvalue weighted by atomic mass is 9.96. The summed E-state index contributed by atoms with van der Waals surface area (Å²) >= 11 is 0. The van der Waals surface area contributed by atoms with Crippen LogP contribution in [0.25, 0.3) is 0 Å². The van der Waals surface area contributed by atoms with Gasteiger partial charge < -0.3 is 24.4 Å². The predicted molar refractivity (Wildman–Crippen MR) is 183 cm³/mol. The predicted octanol–water partition coefficient (Wildman–Crippen LogP) is 5.92. The second-order valence-corrected chi connectivity index (χ2v) is 13.5. The Kier molecular flexibility index (Phi) is 16.9. The van der Waals surface area contributed by atoms with Gasteiger partial charge in [0.05, 0.1) is 13.2 Å². The average molecular weight is 625 g/mol. The van der Waals surface area contributed by atoms with Gasteiger partial charge in [0.1, 0.15) is 5.60 Å². The van der Waals surface area contributed by atoms with Gasteiger partial charge in [-0.25, -0.2) is 4.79 Å². The minimum atomic E-state index is -0.471. The highest BCUT2D eigenvalue weighted by Gasteiger charge is 2.27. The van der Waals surface area contributed by atoms with E-state index >= 15 is 0 Å². The molecule has 1 amide bonds. The van der Waals surface area contributed by atoms with Crippen LogP contribution < -0.4 is 5.32 Å². The molecule has 2 aliphatic heterocycles. The number of amides is 1. The maximum Gasteiger partial charge on any atom is 0.410 e. The highest BCUT2D eigenvalue weighted by molar-refractivity contribution is 5.68. The standard InChI is InChI=1S/C21H34N2O3.C16H26N2O/c1-21(2,3)26-20(24)23(14-15-25-4)17-19-10-12-22(13-11-19)16-18-8-6-5-7-9-18;1-19-12-9-17-13-15-7-10-18(11-8-15)14-16-5-3-2-4-6-16/h5-9,19H,10-17H2,1-4H3;2-6,15,17H,7-14H2,1H3. The molecule has 8 nitrogen and oxygen atoms in total. The van der Waals surface area contributed by atoms with E-state index in [2.05, 4.69) is 75.8 Å². The van der Waals surface area contributed by atoms with E-state index in [1.54, 1.807) is 14.2 Å². The first kappa shape index (κ1) is 37.0. The van der Waals surface area contributed by atoms with Crippen LogP contribution in [0.15, 0.2) is 60.7 Å². The van der Waals surface area contributed by atoms with Gasteiger partial charge in [-0.3, -0.25) is 9.80 Å². The van der Waals surface area contributed by atoms with Gasteiger partial charge >= 0.3 is 6.09 Å². The Morgan fingerprint density at radius 2 is 1.27 bits per heavy atom. The van der Waals surface area contributed by atoms with Crippen molar-refractivity contribution in [2.75, 3.05) is 79.8 Å². The number of benzene rings is 2. The average Bonchev–Trinajstić information content (AvgIpc) is 3.03. The topological polar surface area (TPSA) is 66.5 Å². The largest absolute Gasteiger partial charge is 0.444 e. The van der Waals surface area contributed by atoms with Crippen molar-refractivity contribution in [2.45, 2.75) is 65.1 Å². The zero-order valence-electron chi connectivity index (χ0n) is 28.7. The van der Waals surface area contributed by atoms with Crippen molar-refractivity contribution in [1.29, 1.82) is 0 Å². The van der Waals surface area contributed by atoms with Gasteiger partial charge in [-0.2, -0.15) is 0 Å². The number of nitrogens with zero attached hydrogens (tertiary/aromatic N) is 3. The highest BCUT2D eigenvalue weighted by Crippen LogP contribution is 2.22. The highest BCUT2D eigenvalue weighted by atomic mass is 16.6. The Morgan fingerprint density at radius 3 is 1.73 bits per heavy atom. The summed E-state index contributed by atoms with van der Waals surface area (Å²) in [5, 5.41) is 3.48. The molecule has 2 aliphatic rings. The molecule has 0 spiro atoms. The van der Waals surface area contributed by atoms with Gasteiger partial charge in [-0.15, -0.1) is 0 Å². The fourth-order valence-electron chi connectivity index (χ4n) is 5.94. The molecule has 0 unspecified atom stereocenters. The van der Waals surface area contributed by atoms with Gasteiger partial charge in [0.15, 0.2) is 0 Å². The van der Waals surface area contributed by atoms with Crippen molar-refractivity contribution in [3.63, 3.8) is 0 Å². The van der Waals surface area contributed by atoms with Crippen LogP contribution in [0.1, 0.15) is 57.6 Å². The lowest BCUT2D eigenvalue weighted by Gasteiger charge is -2.35. The smallest absolute Gasteiger partial charge is 0.410 e. The first-order chi connectivity index (χ1) is 21.8. The van der Waals surface area contributed by atoms with E-state index in [1.807, 2.05) is 25.7 Å². The molecule has 0 bridgehead atoms. The zero-order chi connectivity index (χ0) is 32.3. The first-order valence-corrected chi connectivity index (χ1v) is 16.9. The fraction of sp³-hybridized carbons (Fsp3) is 0.649. The summed E-state index contributed by atoms with van der Waals surface area (Å²) in [6.45, 7) is 17.2. The molecule has 0 aliphatic carbocycles. The molecule has 0 aromatic heterocycles. The number of hydrogen-bond acceptors (Lipinski definition) is 7. The van der Waals surface area contributed by atoms with Crippen molar-refractivity contribution >= 4 is 6.09 Å². The quantitative estimate of drug-likeness (QED) is 0.262. The number of piperidine rings is 2. The summed E-state index contributed by atoms with van der Waals surface area (Å²) in [6, 6.07) is 21.4. The lowest BCUT2D eigenvalue weighted by Crippen LogP contribution is -2.43. The van der Waals surface area contributed by atoms with E-state index in [9.17, 15) is 4.79 Å². The molecule has 8 heteroatoms. The first-order valence-electron chi connectivity index (χ1n) is 16.9. The SMILES string of the molecule is COCCN(CC1CCN(Cc2ccccc2)CC1)C(=O)OC(C)(C)C.COCCNCC1CCN(Cc2ccccc2)CC1. The summed E-state index contributed by atoms with van der Waals surface area (Å²) in [6.07, 6.45) is 4.61. The molecule has 252 valence electrons. The van der Waals surface area contributed by atoms with Crippen LogP contribution in [0, 0.1) is 11.8 Å². The Morgan fingerprint density at radius 1 is 0.778 bits per heavy atom. The second kappa shape index (κ2) is 20.6. The number of carbonyl (C=O) groups is 1. The number of carbonyl (C=O) groups excluding carboxylic acids is 1. The third-order valence-corrected chi connectivity index (χ3v) is 8.52. The van der Waals surface area contributed by atoms with Crippen LogP contribution in [-0.2, 0) is 27.3 Å². The molecular formula is C37H60N4O4. The van der Waals surface area contributed by atoms with Crippen LogP contribution in [0.2, 0.25) is 0 Å². The van der Waals surface area contributed by atoms with Gasteiger partial charge in [0.2, 0.25) is 0 Å². The van der Waals surface area contributed by atoms with Crippen LogP contribution in [0.3, 0.4) is 0 Å². The van der Waals surface area contributed by atoms with Crippen molar-refractivity contribution in [2.24, 2.45) is 11.8 Å². The number of likely N-dealkylation sites (tertiary alicyclic amines) is 2. The molecule has 1 N–H and O–H groups in total. The van der Waals surface area contributed by atoms with Crippen molar-refractivity contribution in [1.82, 2.24) is 20.0 Å². The molecule has 2 aromatic carbocycles. The number of rotatable bonds is 14. The summed E-state index contributed by atoms with van der Waals surface area (Å²) < 4.78 is 15.8. The number of methoxy groups -OCH3 is 2. The Labute approximate surface area is 273 Å². The fourth-order valence-corrected chi connectivity index (χ4v) is 5.94. The summed E-state index contributed by atoms with van der Waals surface area (Å²) in [4.78, 5) is 19.4. The molecule has 4 rings (SSSR count). The van der Waals surface area contributed by atoms with E-state index in [-0.39, 0.29) is 6.09 Å². The Bertz CT molecular complexity index is 1030. The van der Waals surface area contributed by atoms with Crippen LogP contribution in [0.4, 0.5) is 4.79 Å². The van der Waals surface area contributed by atoms with Crippen molar-refractivity contribution < 1.29 is 19.0 Å². The third-order valence-electron chi connectivity index (χ3n) is 8.52. The van der Waals surface area contributed by atoms with Crippen molar-refractivity contribution in [3.8, 4) is 0 Å². The van der Waals surface area contributed by atoms with Crippen LogP contribution in [-0.4, -0.2) is 106 Å². The summed E-state index contributed by atoms with van der Waals surface area (Å²) in [7, 11) is 3.42. The Balaban J connectivity index is 0.000000257. The second-order valence-electron chi connectivity index (χ2n) is 13.5. The van der Waals surface area contributed by atoms with E-state index in [4.69, 9.17) is 14.2 Å². The molecule has 2 heterocycles. The van der Waals surface area contributed by atoms with Gasteiger partial charge in [0, 0.05) is 46.9 Å². The zero-order valence-corrected chi connectivity index (χ0v) is 28.7. The number of ether oxygens (including phenoxy) is 3. The minimum absolute atomic E-state index is 0.235. The normalized spacial score (nSPS) is 17.0. The molecular weight excluding hydrogens is 564 g/mol. The maximum atomic E-state index is 12.5. The Hall–Kier alpha value is -2.49. The van der Waals surface area contributed by atoms with E-state index in [0.29, 0.717) is 19.1 Å². The molecule has 0 radical (unpaired) electrons. The van der Waals surface area contributed by atoms with Gasteiger partial charge in [-0.05, 0) is 102 Å². The minimum Gasteiger partial charge on any atom is -0.444 e. The maximum absolute atomic E-state index is 12.5. The molecule has 2 aromatic rings. The van der Waals surface area contributed by atoms with Gasteiger partial charge in [-0.1, -0.05) is 60.7 Å². The van der Waals surface area contributed by atoms with Crippen LogP contribution in [0.5, 0.6) is 0 Å². The number of nitrogens with one attached hydrogen (secondary N) is 1. The van der Waals surface area contributed by atoms with Crippen LogP contribution >= 0.6 is 0 Å². The molecule has 0 atom stereocenters. The molecule has 2 fully saturated rings. The van der Waals surface area contributed by atoms with E-state index < -0.39 is 5.60 Å². The third kappa shape index (κ3) is 15.6. The van der Waals surface area contributed by atoms with Gasteiger partial charge in [0.25, 0.3) is 0 Å². The molecule has 2 saturated heterocycles. The summed E-state index contributed by atoms with van der Waals surface area (Å²) in [5.41, 5.74) is 2.32. The lowest BCUT2D eigenvalue weighted by molar-refractivity contribution is 0.0141. The van der Waals surface area contributed by atoms with E-state index in [0.717, 1.165) is 71.2 Å². The monoisotopic (exact) mass is 624 g/mol.